The fourth-order valence-corrected chi connectivity index (χ4v) is 5.01. The SMILES string of the molecule is Cc1[nH]ncc1S(=O)(=O)NC1(CBr)CCC(C)CC1. The molecule has 0 bridgehead atoms. The van der Waals surface area contributed by atoms with Crippen LogP contribution < -0.4 is 4.72 Å². The van der Waals surface area contributed by atoms with Crippen LogP contribution in [-0.4, -0.2) is 29.5 Å². The number of sulfonamides is 1. The van der Waals surface area contributed by atoms with Crippen molar-refractivity contribution in [3.8, 4) is 0 Å². The molecule has 0 amide bonds. The Bertz CT molecular complexity index is 533. The first-order valence-corrected chi connectivity index (χ1v) is 9.09. The van der Waals surface area contributed by atoms with Gasteiger partial charge in [0.1, 0.15) is 4.90 Å². The van der Waals surface area contributed by atoms with Crippen molar-refractivity contribution in [1.29, 1.82) is 0 Å². The molecule has 19 heavy (non-hydrogen) atoms. The molecule has 0 aliphatic heterocycles. The number of nitrogens with one attached hydrogen (secondary N) is 2. The fourth-order valence-electron chi connectivity index (χ4n) is 2.53. The summed E-state index contributed by atoms with van der Waals surface area (Å²) in [5, 5.41) is 7.10. The van der Waals surface area contributed by atoms with Crippen molar-refractivity contribution in [2.24, 2.45) is 5.92 Å². The molecule has 0 radical (unpaired) electrons. The fraction of sp³-hybridized carbons (Fsp3) is 0.750. The van der Waals surface area contributed by atoms with E-state index in [9.17, 15) is 8.42 Å². The van der Waals surface area contributed by atoms with Crippen LogP contribution in [0.1, 0.15) is 38.3 Å². The smallest absolute Gasteiger partial charge is 0.244 e. The summed E-state index contributed by atoms with van der Waals surface area (Å²) in [4.78, 5) is 0.242. The largest absolute Gasteiger partial charge is 0.281 e. The van der Waals surface area contributed by atoms with Gasteiger partial charge in [0.25, 0.3) is 0 Å². The van der Waals surface area contributed by atoms with Gasteiger partial charge in [0.05, 0.1) is 11.9 Å². The van der Waals surface area contributed by atoms with Gasteiger partial charge in [-0.3, -0.25) is 5.10 Å². The van der Waals surface area contributed by atoms with E-state index in [1.54, 1.807) is 6.92 Å². The van der Waals surface area contributed by atoms with Crippen LogP contribution in [0.3, 0.4) is 0 Å². The van der Waals surface area contributed by atoms with E-state index < -0.39 is 10.0 Å². The molecule has 1 aliphatic carbocycles. The van der Waals surface area contributed by atoms with Crippen molar-refractivity contribution in [1.82, 2.24) is 14.9 Å². The molecule has 2 rings (SSSR count). The molecular formula is C12H20BrN3O2S. The van der Waals surface area contributed by atoms with Gasteiger partial charge in [-0.15, -0.1) is 0 Å². The van der Waals surface area contributed by atoms with Crippen molar-refractivity contribution in [3.63, 3.8) is 0 Å². The Morgan fingerprint density at radius 3 is 2.63 bits per heavy atom. The maximum atomic E-state index is 12.4. The molecule has 0 saturated heterocycles. The third-order valence-corrected chi connectivity index (χ3v) is 6.68. The lowest BCUT2D eigenvalue weighted by Crippen LogP contribution is -2.51. The number of H-pyrrole nitrogens is 1. The van der Waals surface area contributed by atoms with Gasteiger partial charge in [-0.1, -0.05) is 22.9 Å². The molecule has 5 nitrogen and oxygen atoms in total. The lowest BCUT2D eigenvalue weighted by atomic mass is 9.79. The number of aryl methyl sites for hydroxylation is 1. The van der Waals surface area contributed by atoms with Crippen molar-refractivity contribution in [2.45, 2.75) is 50.0 Å². The third kappa shape index (κ3) is 3.20. The maximum Gasteiger partial charge on any atom is 0.244 e. The lowest BCUT2D eigenvalue weighted by Gasteiger charge is -2.38. The average molecular weight is 350 g/mol. The van der Waals surface area contributed by atoms with Crippen LogP contribution in [0.4, 0.5) is 0 Å². The van der Waals surface area contributed by atoms with E-state index in [0.29, 0.717) is 16.9 Å². The van der Waals surface area contributed by atoms with Gasteiger partial charge in [-0.25, -0.2) is 13.1 Å². The lowest BCUT2D eigenvalue weighted by molar-refractivity contribution is 0.250. The Labute approximate surface area is 122 Å². The van der Waals surface area contributed by atoms with Crippen molar-refractivity contribution in [3.05, 3.63) is 11.9 Å². The summed E-state index contributed by atoms with van der Waals surface area (Å²) in [6.07, 6.45) is 5.22. The Kier molecular flexibility index (Phi) is 4.37. The minimum absolute atomic E-state index is 0.242. The predicted octanol–water partition coefficient (Wildman–Crippen LogP) is 2.34. The number of alkyl halides is 1. The Hall–Kier alpha value is -0.400. The number of rotatable bonds is 4. The molecule has 1 aromatic rings. The molecule has 1 fully saturated rings. The average Bonchev–Trinajstić information content (AvgIpc) is 2.79. The highest BCUT2D eigenvalue weighted by Crippen LogP contribution is 2.34. The molecule has 1 heterocycles. The number of hydrogen-bond acceptors (Lipinski definition) is 3. The van der Waals surface area contributed by atoms with Gasteiger partial charge in [0.2, 0.25) is 10.0 Å². The first kappa shape index (κ1) is 15.0. The second-order valence-corrected chi connectivity index (χ2v) is 7.77. The topological polar surface area (TPSA) is 74.8 Å². The normalized spacial score (nSPS) is 28.5. The summed E-state index contributed by atoms with van der Waals surface area (Å²) in [6, 6.07) is 0. The summed E-state index contributed by atoms with van der Waals surface area (Å²) >= 11 is 3.47. The molecule has 108 valence electrons. The van der Waals surface area contributed by atoms with Crippen LogP contribution in [0.25, 0.3) is 0 Å². The van der Waals surface area contributed by atoms with E-state index in [2.05, 4.69) is 37.8 Å². The summed E-state index contributed by atoms with van der Waals surface area (Å²) in [5.74, 6) is 0.673. The van der Waals surface area contributed by atoms with Crippen molar-refractivity contribution < 1.29 is 8.42 Å². The summed E-state index contributed by atoms with van der Waals surface area (Å²) in [7, 11) is -3.51. The van der Waals surface area contributed by atoms with Crippen molar-refractivity contribution in [2.75, 3.05) is 5.33 Å². The molecule has 0 unspecified atom stereocenters. The number of aromatic amines is 1. The molecular weight excluding hydrogens is 330 g/mol. The minimum atomic E-state index is -3.51. The minimum Gasteiger partial charge on any atom is -0.281 e. The maximum absolute atomic E-state index is 12.4. The first-order chi connectivity index (χ1) is 8.88. The summed E-state index contributed by atoms with van der Waals surface area (Å²) < 4.78 is 27.8. The highest BCUT2D eigenvalue weighted by atomic mass is 79.9. The molecule has 7 heteroatoms. The Balaban J connectivity index is 2.21. The van der Waals surface area contributed by atoms with Crippen LogP contribution in [0.5, 0.6) is 0 Å². The number of halogens is 1. The van der Waals surface area contributed by atoms with Gasteiger partial charge in [-0.05, 0) is 38.5 Å². The van der Waals surface area contributed by atoms with E-state index >= 15 is 0 Å². The van der Waals surface area contributed by atoms with Crippen LogP contribution in [0.15, 0.2) is 11.1 Å². The van der Waals surface area contributed by atoms with Gasteiger partial charge in [0.15, 0.2) is 0 Å². The zero-order valence-corrected chi connectivity index (χ0v) is 13.6. The van der Waals surface area contributed by atoms with Gasteiger partial charge < -0.3 is 0 Å². The van der Waals surface area contributed by atoms with Crippen LogP contribution in [0.2, 0.25) is 0 Å². The Morgan fingerprint density at radius 1 is 1.53 bits per heavy atom. The van der Waals surface area contributed by atoms with Crippen LogP contribution >= 0.6 is 15.9 Å². The second-order valence-electron chi connectivity index (χ2n) is 5.56. The number of hydrogen-bond donors (Lipinski definition) is 2. The molecule has 1 aliphatic rings. The molecule has 1 saturated carbocycles. The quantitative estimate of drug-likeness (QED) is 0.819. The number of aromatic nitrogens is 2. The molecule has 0 atom stereocenters. The molecule has 2 N–H and O–H groups in total. The van der Waals surface area contributed by atoms with Gasteiger partial charge in [0, 0.05) is 10.9 Å². The monoisotopic (exact) mass is 349 g/mol. The second kappa shape index (κ2) is 5.54. The van der Waals surface area contributed by atoms with E-state index in [1.807, 2.05) is 0 Å². The van der Waals surface area contributed by atoms with Gasteiger partial charge in [-0.2, -0.15) is 5.10 Å². The van der Waals surface area contributed by atoms with E-state index in [-0.39, 0.29) is 10.4 Å². The summed E-state index contributed by atoms with van der Waals surface area (Å²) in [5.41, 5.74) is 0.205. The predicted molar refractivity (Wildman–Crippen MR) is 77.8 cm³/mol. The van der Waals surface area contributed by atoms with Crippen LogP contribution in [-0.2, 0) is 10.0 Å². The standard InChI is InChI=1S/C12H20BrN3O2S/c1-9-3-5-12(8-13,6-4-9)16-19(17,18)11-7-14-15-10(11)2/h7,9,16H,3-6,8H2,1-2H3,(H,14,15). The zero-order chi connectivity index (χ0) is 14.1. The Morgan fingerprint density at radius 2 is 2.16 bits per heavy atom. The highest BCUT2D eigenvalue weighted by molar-refractivity contribution is 9.09. The molecule has 0 aromatic carbocycles. The first-order valence-electron chi connectivity index (χ1n) is 6.48. The van der Waals surface area contributed by atoms with Gasteiger partial charge >= 0.3 is 0 Å². The van der Waals surface area contributed by atoms with E-state index in [1.165, 1.54) is 6.20 Å². The number of nitrogens with zero attached hydrogens (tertiary/aromatic N) is 1. The highest BCUT2D eigenvalue weighted by Gasteiger charge is 2.37. The van der Waals surface area contributed by atoms with E-state index in [4.69, 9.17) is 0 Å². The summed E-state index contributed by atoms with van der Waals surface area (Å²) in [6.45, 7) is 3.93. The third-order valence-electron chi connectivity index (χ3n) is 3.91. The molecule has 1 aromatic heterocycles. The van der Waals surface area contributed by atoms with Crippen molar-refractivity contribution >= 4 is 26.0 Å². The van der Waals surface area contributed by atoms with Crippen LogP contribution in [0, 0.1) is 12.8 Å². The zero-order valence-electron chi connectivity index (χ0n) is 11.2. The molecule has 0 spiro atoms. The van der Waals surface area contributed by atoms with E-state index in [0.717, 1.165) is 25.7 Å².